The number of nitrogens with zero attached hydrogens (tertiary/aromatic N) is 2. The smallest absolute Gasteiger partial charge is 0.262 e. The maximum absolute atomic E-state index is 13.1. The van der Waals surface area contributed by atoms with Crippen molar-refractivity contribution in [2.24, 2.45) is 0 Å². The molecule has 29 heavy (non-hydrogen) atoms. The second-order valence-corrected chi connectivity index (χ2v) is 8.65. The summed E-state index contributed by atoms with van der Waals surface area (Å²) in [5, 5.41) is 11.6. The summed E-state index contributed by atoms with van der Waals surface area (Å²) in [5.74, 6) is -0.251. The van der Waals surface area contributed by atoms with Gasteiger partial charge in [0.15, 0.2) is 0 Å². The van der Waals surface area contributed by atoms with E-state index in [4.69, 9.17) is 0 Å². The van der Waals surface area contributed by atoms with E-state index in [0.29, 0.717) is 24.3 Å². The molecule has 7 heteroatoms. The first kappa shape index (κ1) is 19.6. The topological polar surface area (TPSA) is 76.0 Å². The van der Waals surface area contributed by atoms with Crippen LogP contribution in [0.1, 0.15) is 54.4 Å². The van der Waals surface area contributed by atoms with E-state index in [-0.39, 0.29) is 11.8 Å². The van der Waals surface area contributed by atoms with Crippen molar-refractivity contribution in [2.45, 2.75) is 51.5 Å². The Morgan fingerprint density at radius 1 is 1.17 bits per heavy atom. The molecule has 1 aliphatic rings. The van der Waals surface area contributed by atoms with Crippen molar-refractivity contribution in [2.75, 3.05) is 6.54 Å². The van der Waals surface area contributed by atoms with Gasteiger partial charge < -0.3 is 10.6 Å². The fourth-order valence-corrected chi connectivity index (χ4v) is 5.15. The number of rotatable bonds is 5. The van der Waals surface area contributed by atoms with Gasteiger partial charge in [0.1, 0.15) is 10.4 Å². The van der Waals surface area contributed by atoms with Gasteiger partial charge in [0.25, 0.3) is 5.91 Å². The van der Waals surface area contributed by atoms with E-state index in [9.17, 15) is 9.59 Å². The van der Waals surface area contributed by atoms with Gasteiger partial charge in [-0.15, -0.1) is 11.3 Å². The molecule has 6 nitrogen and oxygen atoms in total. The number of hydrogen-bond donors (Lipinski definition) is 2. The molecule has 152 valence electrons. The molecule has 1 aromatic carbocycles. The Bertz CT molecular complexity index is 1030. The van der Waals surface area contributed by atoms with Crippen molar-refractivity contribution in [1.29, 1.82) is 0 Å². The molecule has 0 aliphatic heterocycles. The Labute approximate surface area is 174 Å². The molecule has 0 saturated heterocycles. The van der Waals surface area contributed by atoms with Crippen molar-refractivity contribution in [3.8, 4) is 5.69 Å². The highest BCUT2D eigenvalue weighted by Gasteiger charge is 2.41. The SMILES string of the molecule is CCNC(=O)C1(NC(=O)c2cc3c(C)nn(-c4ccccc4)c3s2)CCCCC1. The first-order valence-corrected chi connectivity index (χ1v) is 11.0. The number of nitrogens with one attached hydrogen (secondary N) is 2. The molecule has 2 aromatic heterocycles. The molecule has 2 heterocycles. The average Bonchev–Trinajstić information content (AvgIpc) is 3.30. The summed E-state index contributed by atoms with van der Waals surface area (Å²) in [6.45, 7) is 4.42. The van der Waals surface area contributed by atoms with Gasteiger partial charge in [-0.25, -0.2) is 4.68 Å². The summed E-state index contributed by atoms with van der Waals surface area (Å²) in [4.78, 5) is 27.5. The summed E-state index contributed by atoms with van der Waals surface area (Å²) in [6, 6.07) is 11.8. The van der Waals surface area contributed by atoms with Gasteiger partial charge in [0, 0.05) is 11.9 Å². The van der Waals surface area contributed by atoms with E-state index in [1.165, 1.54) is 11.3 Å². The van der Waals surface area contributed by atoms with E-state index in [1.54, 1.807) is 0 Å². The van der Waals surface area contributed by atoms with E-state index in [0.717, 1.165) is 40.9 Å². The lowest BCUT2D eigenvalue weighted by Gasteiger charge is -2.36. The number of hydrogen-bond acceptors (Lipinski definition) is 4. The van der Waals surface area contributed by atoms with Crippen LogP contribution >= 0.6 is 11.3 Å². The zero-order chi connectivity index (χ0) is 20.4. The second kappa shape index (κ2) is 7.99. The minimum absolute atomic E-state index is 0.0687. The number of carbonyl (C=O) groups excluding carboxylic acids is 2. The Kier molecular flexibility index (Phi) is 5.41. The summed E-state index contributed by atoms with van der Waals surface area (Å²) in [5.41, 5.74) is 1.04. The Hall–Kier alpha value is -2.67. The predicted octanol–water partition coefficient (Wildman–Crippen LogP) is 3.96. The lowest BCUT2D eigenvalue weighted by Crippen LogP contribution is -2.59. The molecule has 3 aromatic rings. The van der Waals surface area contributed by atoms with Crippen molar-refractivity contribution in [1.82, 2.24) is 20.4 Å². The van der Waals surface area contributed by atoms with Gasteiger partial charge in [-0.05, 0) is 44.9 Å². The number of aryl methyl sites for hydroxylation is 1. The van der Waals surface area contributed by atoms with Crippen LogP contribution in [0.3, 0.4) is 0 Å². The third-order valence-corrected chi connectivity index (χ3v) is 6.71. The van der Waals surface area contributed by atoms with Crippen LogP contribution in [0, 0.1) is 6.92 Å². The van der Waals surface area contributed by atoms with Gasteiger partial charge >= 0.3 is 0 Å². The van der Waals surface area contributed by atoms with Crippen molar-refractivity contribution < 1.29 is 9.59 Å². The number of fused-ring (bicyclic) bond motifs is 1. The number of aromatic nitrogens is 2. The molecule has 1 saturated carbocycles. The second-order valence-electron chi connectivity index (χ2n) is 7.62. The maximum atomic E-state index is 13.1. The minimum atomic E-state index is -0.804. The third kappa shape index (κ3) is 3.67. The van der Waals surface area contributed by atoms with E-state index in [1.807, 2.05) is 54.9 Å². The van der Waals surface area contributed by atoms with Gasteiger partial charge in [-0.2, -0.15) is 5.10 Å². The van der Waals surface area contributed by atoms with Crippen LogP contribution in [0.4, 0.5) is 0 Å². The molecular weight excluding hydrogens is 384 g/mol. The summed E-state index contributed by atoms with van der Waals surface area (Å²) in [6.07, 6.45) is 4.38. The largest absolute Gasteiger partial charge is 0.354 e. The molecule has 0 atom stereocenters. The number of amides is 2. The van der Waals surface area contributed by atoms with Crippen LogP contribution in [-0.4, -0.2) is 33.7 Å². The number of benzene rings is 1. The van der Waals surface area contributed by atoms with E-state index >= 15 is 0 Å². The molecule has 0 spiro atoms. The quantitative estimate of drug-likeness (QED) is 0.668. The van der Waals surface area contributed by atoms with Crippen LogP contribution in [0.15, 0.2) is 36.4 Å². The molecule has 0 radical (unpaired) electrons. The number of thiophene rings is 1. The number of para-hydroxylation sites is 1. The van der Waals surface area contributed by atoms with Crippen LogP contribution in [-0.2, 0) is 4.79 Å². The van der Waals surface area contributed by atoms with Crippen molar-refractivity contribution >= 4 is 33.4 Å². The van der Waals surface area contributed by atoms with Gasteiger partial charge in [-0.1, -0.05) is 37.5 Å². The highest BCUT2D eigenvalue weighted by Crippen LogP contribution is 2.33. The van der Waals surface area contributed by atoms with Crippen LogP contribution in [0.2, 0.25) is 0 Å². The number of carbonyl (C=O) groups is 2. The third-order valence-electron chi connectivity index (χ3n) is 5.60. The fourth-order valence-electron chi connectivity index (χ4n) is 4.08. The molecule has 1 fully saturated rings. The summed E-state index contributed by atoms with van der Waals surface area (Å²) < 4.78 is 1.88. The molecule has 2 amide bonds. The molecule has 4 rings (SSSR count). The normalized spacial score (nSPS) is 15.9. The summed E-state index contributed by atoms with van der Waals surface area (Å²) >= 11 is 1.42. The first-order valence-electron chi connectivity index (χ1n) is 10.2. The van der Waals surface area contributed by atoms with Gasteiger partial charge in [0.2, 0.25) is 5.91 Å². The summed E-state index contributed by atoms with van der Waals surface area (Å²) in [7, 11) is 0. The highest BCUT2D eigenvalue weighted by atomic mass is 32.1. The lowest BCUT2D eigenvalue weighted by atomic mass is 9.80. The Balaban J connectivity index is 1.65. The average molecular weight is 411 g/mol. The van der Waals surface area contributed by atoms with E-state index in [2.05, 4.69) is 15.7 Å². The lowest BCUT2D eigenvalue weighted by molar-refractivity contribution is -0.128. The fraction of sp³-hybridized carbons (Fsp3) is 0.409. The maximum Gasteiger partial charge on any atom is 0.262 e. The van der Waals surface area contributed by atoms with Crippen LogP contribution in [0.5, 0.6) is 0 Å². The zero-order valence-corrected chi connectivity index (χ0v) is 17.6. The monoisotopic (exact) mass is 410 g/mol. The molecule has 1 aliphatic carbocycles. The first-order chi connectivity index (χ1) is 14.0. The van der Waals surface area contributed by atoms with E-state index < -0.39 is 5.54 Å². The van der Waals surface area contributed by atoms with Crippen molar-refractivity contribution in [3.63, 3.8) is 0 Å². The molecule has 0 unspecified atom stereocenters. The van der Waals surface area contributed by atoms with Gasteiger partial charge in [-0.3, -0.25) is 9.59 Å². The molecule has 0 bridgehead atoms. The number of likely N-dealkylation sites (N-methyl/N-ethyl adjacent to an activating group) is 1. The predicted molar refractivity (Wildman–Crippen MR) is 116 cm³/mol. The van der Waals surface area contributed by atoms with Gasteiger partial charge in [0.05, 0.1) is 16.3 Å². The Morgan fingerprint density at radius 3 is 2.59 bits per heavy atom. The van der Waals surface area contributed by atoms with Crippen LogP contribution < -0.4 is 10.6 Å². The highest BCUT2D eigenvalue weighted by molar-refractivity contribution is 7.20. The molecule has 2 N–H and O–H groups in total. The minimum Gasteiger partial charge on any atom is -0.354 e. The van der Waals surface area contributed by atoms with Crippen LogP contribution in [0.25, 0.3) is 15.9 Å². The Morgan fingerprint density at radius 2 is 1.90 bits per heavy atom. The standard InChI is InChI=1S/C22H26N4O2S/c1-3-23-21(28)22(12-8-5-9-13-22)24-19(27)18-14-17-15(2)25-26(20(17)29-18)16-10-6-4-7-11-16/h4,6-7,10-11,14H,3,5,8-9,12-13H2,1-2H3,(H,23,28)(H,24,27). The zero-order valence-electron chi connectivity index (χ0n) is 16.8. The van der Waals surface area contributed by atoms with Crippen molar-refractivity contribution in [3.05, 3.63) is 47.0 Å². The molecular formula is C22H26N4O2S.